The van der Waals surface area contributed by atoms with Gasteiger partial charge in [0.15, 0.2) is 0 Å². The maximum absolute atomic E-state index is 13.4. The first-order valence-electron chi connectivity index (χ1n) is 6.54. The molecule has 0 saturated heterocycles. The Hall–Kier alpha value is -2.20. The summed E-state index contributed by atoms with van der Waals surface area (Å²) in [6.07, 6.45) is 0. The van der Waals surface area contributed by atoms with E-state index >= 15 is 0 Å². The molecule has 3 aromatic rings. The molecule has 2 N–H and O–H groups in total. The molecule has 0 spiro atoms. The highest BCUT2D eigenvalue weighted by Gasteiger charge is 2.10. The Bertz CT molecular complexity index is 787. The average Bonchev–Trinajstić information content (AvgIpc) is 2.46. The smallest absolute Gasteiger partial charge is 0.142 e. The molecule has 0 fully saturated rings. The highest BCUT2D eigenvalue weighted by Crippen LogP contribution is 2.25. The molecule has 0 unspecified atom stereocenters. The van der Waals surface area contributed by atoms with Crippen molar-refractivity contribution >= 4 is 24.2 Å². The molecule has 0 aliphatic rings. The van der Waals surface area contributed by atoms with Crippen LogP contribution >= 0.6 is 0 Å². The Kier molecular flexibility index (Phi) is 3.24. The first-order chi connectivity index (χ1) is 9.69. The lowest BCUT2D eigenvalue weighted by Crippen LogP contribution is -2.08. The van der Waals surface area contributed by atoms with E-state index in [1.165, 1.54) is 12.1 Å². The van der Waals surface area contributed by atoms with E-state index in [9.17, 15) is 4.39 Å². The number of rotatable bonds is 2. The molecule has 3 rings (SSSR count). The average molecular weight is 264 g/mol. The minimum Gasteiger partial charge on any atom is -0.326 e. The molecule has 0 saturated carbocycles. The second-order valence-electron chi connectivity index (χ2n) is 4.86. The number of nitrogens with zero attached hydrogens (tertiary/aromatic N) is 1. The predicted octanol–water partition coefficient (Wildman–Crippen LogP) is 1.76. The van der Waals surface area contributed by atoms with Crippen LogP contribution in [0.1, 0.15) is 5.56 Å². The molecule has 0 bridgehead atoms. The van der Waals surface area contributed by atoms with E-state index in [1.807, 2.05) is 38.2 Å². The van der Waals surface area contributed by atoms with E-state index in [1.54, 1.807) is 6.07 Å². The van der Waals surface area contributed by atoms with Gasteiger partial charge in [0, 0.05) is 12.1 Å². The molecule has 0 amide bonds. The maximum atomic E-state index is 13.4. The molecule has 2 nitrogen and oxygen atoms in total. The molecule has 4 heteroatoms. The van der Waals surface area contributed by atoms with Crippen LogP contribution in [0.5, 0.6) is 0 Å². The Balaban J connectivity index is 2.31. The summed E-state index contributed by atoms with van der Waals surface area (Å²) < 4.78 is 13.4. The van der Waals surface area contributed by atoms with Gasteiger partial charge < -0.3 is 5.73 Å². The van der Waals surface area contributed by atoms with Gasteiger partial charge in [0.25, 0.3) is 0 Å². The lowest BCUT2D eigenvalue weighted by Gasteiger charge is -2.11. The van der Waals surface area contributed by atoms with E-state index in [-0.39, 0.29) is 5.82 Å². The summed E-state index contributed by atoms with van der Waals surface area (Å²) >= 11 is 0. The van der Waals surface area contributed by atoms with Crippen LogP contribution in [-0.2, 0) is 6.54 Å². The Labute approximate surface area is 117 Å². The van der Waals surface area contributed by atoms with Crippen molar-refractivity contribution in [3.63, 3.8) is 0 Å². The van der Waals surface area contributed by atoms with E-state index in [4.69, 9.17) is 10.7 Å². The quantitative estimate of drug-likeness (QED) is 0.716. The molecular weight excluding hydrogens is 250 g/mol. The Morgan fingerprint density at radius 3 is 2.65 bits per heavy atom. The lowest BCUT2D eigenvalue weighted by molar-refractivity contribution is 0.628. The molecule has 1 heterocycles. The molecule has 0 radical (unpaired) electrons. The number of halogens is 1. The second kappa shape index (κ2) is 5.06. The minimum absolute atomic E-state index is 0.267. The third-order valence-corrected chi connectivity index (χ3v) is 3.44. The van der Waals surface area contributed by atoms with E-state index in [0.29, 0.717) is 6.54 Å². The van der Waals surface area contributed by atoms with Crippen molar-refractivity contribution in [3.05, 3.63) is 59.9 Å². The van der Waals surface area contributed by atoms with Crippen LogP contribution in [0, 0.1) is 5.82 Å². The number of hydrogen-bond donors (Lipinski definition) is 1. The van der Waals surface area contributed by atoms with Crippen LogP contribution in [0.3, 0.4) is 0 Å². The summed E-state index contributed by atoms with van der Waals surface area (Å²) in [7, 11) is 2.02. The van der Waals surface area contributed by atoms with Crippen molar-refractivity contribution < 1.29 is 4.39 Å². The molecule has 0 aliphatic carbocycles. The predicted molar refractivity (Wildman–Crippen MR) is 83.2 cm³/mol. The van der Waals surface area contributed by atoms with Gasteiger partial charge in [0.2, 0.25) is 0 Å². The number of aromatic nitrogens is 1. The van der Waals surface area contributed by atoms with Gasteiger partial charge in [-0.3, -0.25) is 0 Å². The van der Waals surface area contributed by atoms with Crippen LogP contribution in [0.25, 0.3) is 22.2 Å². The van der Waals surface area contributed by atoms with Crippen molar-refractivity contribution in [3.8, 4) is 11.3 Å². The van der Waals surface area contributed by atoms with Crippen molar-refractivity contribution in [1.82, 2.24) is 4.98 Å². The third-order valence-electron chi connectivity index (χ3n) is 3.44. The summed E-state index contributed by atoms with van der Waals surface area (Å²) in [5.41, 5.74) is 10.3. The van der Waals surface area contributed by atoms with Gasteiger partial charge in [0.1, 0.15) is 13.7 Å². The van der Waals surface area contributed by atoms with Gasteiger partial charge in [-0.25, -0.2) is 9.37 Å². The highest BCUT2D eigenvalue weighted by molar-refractivity contribution is 6.38. The standard InChI is InChI=1S/C16H14BFN2/c17-14-6-2-4-10-7-12(9-19)15(20-16(10)14)11-3-1-5-13(18)8-11/h1-8H,9,17,19H2. The van der Waals surface area contributed by atoms with Crippen molar-refractivity contribution in [1.29, 1.82) is 0 Å². The topological polar surface area (TPSA) is 38.9 Å². The molecule has 2 aromatic carbocycles. The molecule has 20 heavy (non-hydrogen) atoms. The normalized spacial score (nSPS) is 10.9. The Morgan fingerprint density at radius 2 is 1.90 bits per heavy atom. The van der Waals surface area contributed by atoms with Crippen molar-refractivity contribution in [2.45, 2.75) is 6.54 Å². The number of pyridine rings is 1. The van der Waals surface area contributed by atoms with Gasteiger partial charge in [0.05, 0.1) is 11.2 Å². The summed E-state index contributed by atoms with van der Waals surface area (Å²) in [5, 5.41) is 1.06. The molecule has 1 aromatic heterocycles. The van der Waals surface area contributed by atoms with E-state index in [0.717, 1.165) is 33.2 Å². The van der Waals surface area contributed by atoms with Crippen LogP contribution in [0.2, 0.25) is 0 Å². The van der Waals surface area contributed by atoms with Crippen molar-refractivity contribution in [2.24, 2.45) is 5.73 Å². The zero-order chi connectivity index (χ0) is 14.1. The maximum Gasteiger partial charge on any atom is 0.142 e. The number of nitrogens with two attached hydrogens (primary N) is 1. The number of para-hydroxylation sites is 1. The first kappa shape index (κ1) is 12.8. The summed E-state index contributed by atoms with van der Waals surface area (Å²) in [4.78, 5) is 4.71. The molecule has 98 valence electrons. The Morgan fingerprint density at radius 1 is 1.10 bits per heavy atom. The van der Waals surface area contributed by atoms with Crippen LogP contribution in [0.15, 0.2) is 48.5 Å². The first-order valence-corrected chi connectivity index (χ1v) is 6.54. The summed E-state index contributed by atoms with van der Waals surface area (Å²) in [6, 6.07) is 14.5. The van der Waals surface area contributed by atoms with E-state index < -0.39 is 0 Å². The fraction of sp³-hybridized carbons (Fsp3) is 0.0625. The summed E-state index contributed by atoms with van der Waals surface area (Å²) in [6.45, 7) is 0.378. The zero-order valence-corrected chi connectivity index (χ0v) is 11.2. The van der Waals surface area contributed by atoms with Gasteiger partial charge in [-0.15, -0.1) is 0 Å². The SMILES string of the molecule is Bc1cccc2cc(CN)c(-c3cccc(F)c3)nc12. The van der Waals surface area contributed by atoms with E-state index in [2.05, 4.69) is 0 Å². The van der Waals surface area contributed by atoms with Gasteiger partial charge in [-0.1, -0.05) is 35.8 Å². The minimum atomic E-state index is -0.267. The second-order valence-corrected chi connectivity index (χ2v) is 4.86. The van der Waals surface area contributed by atoms with Gasteiger partial charge >= 0.3 is 0 Å². The molecule has 0 aliphatic heterocycles. The summed E-state index contributed by atoms with van der Waals surface area (Å²) in [5.74, 6) is -0.267. The number of fused-ring (bicyclic) bond motifs is 1. The molecule has 0 atom stereocenters. The monoisotopic (exact) mass is 264 g/mol. The molecular formula is C16H14BFN2. The van der Waals surface area contributed by atoms with Gasteiger partial charge in [-0.2, -0.15) is 0 Å². The fourth-order valence-electron chi connectivity index (χ4n) is 2.43. The zero-order valence-electron chi connectivity index (χ0n) is 11.2. The van der Waals surface area contributed by atoms with Crippen molar-refractivity contribution in [2.75, 3.05) is 0 Å². The lowest BCUT2D eigenvalue weighted by atomic mass is 9.92. The largest absolute Gasteiger partial charge is 0.326 e. The third kappa shape index (κ3) is 2.19. The van der Waals surface area contributed by atoms with Crippen LogP contribution in [-0.4, -0.2) is 12.8 Å². The number of benzene rings is 2. The van der Waals surface area contributed by atoms with Gasteiger partial charge in [-0.05, 0) is 29.1 Å². The fourth-order valence-corrected chi connectivity index (χ4v) is 2.43. The van der Waals surface area contributed by atoms with Crippen LogP contribution < -0.4 is 11.2 Å². The number of hydrogen-bond acceptors (Lipinski definition) is 2. The highest BCUT2D eigenvalue weighted by atomic mass is 19.1. The van der Waals surface area contributed by atoms with Crippen LogP contribution in [0.4, 0.5) is 4.39 Å².